The fourth-order valence-corrected chi connectivity index (χ4v) is 4.86. The van der Waals surface area contributed by atoms with Gasteiger partial charge in [0, 0.05) is 0 Å². The van der Waals surface area contributed by atoms with Crippen LogP contribution in [-0.2, 0) is 12.8 Å². The normalized spacial score (nSPS) is 28.7. The van der Waals surface area contributed by atoms with E-state index in [4.69, 9.17) is 0 Å². The van der Waals surface area contributed by atoms with Gasteiger partial charge in [-0.05, 0) is 73.5 Å². The standard InChI is InChI=1S/C22H32/c1-3-5-17-7-10-19(11-8-17)21-14-13-20-15-18(6-4-2)9-12-22(20)16-21/h4,6,9,12,15,17,19,21H,3,5,7-8,10-11,13-14,16H2,1-2H3/b6-4+. The van der Waals surface area contributed by atoms with Crippen molar-refractivity contribution in [2.24, 2.45) is 17.8 Å². The predicted molar refractivity (Wildman–Crippen MR) is 97.0 cm³/mol. The number of fused-ring (bicyclic) bond motifs is 1. The van der Waals surface area contributed by atoms with Crippen LogP contribution in [-0.4, -0.2) is 0 Å². The maximum atomic E-state index is 2.42. The topological polar surface area (TPSA) is 0 Å². The Kier molecular flexibility index (Phi) is 5.39. The predicted octanol–water partition coefficient (Wildman–Crippen LogP) is 6.43. The minimum Gasteiger partial charge on any atom is -0.0871 e. The molecule has 120 valence electrons. The molecule has 2 aliphatic carbocycles. The van der Waals surface area contributed by atoms with Crippen LogP contribution in [0, 0.1) is 17.8 Å². The van der Waals surface area contributed by atoms with E-state index in [1.165, 1.54) is 63.4 Å². The van der Waals surface area contributed by atoms with Gasteiger partial charge in [-0.15, -0.1) is 0 Å². The lowest BCUT2D eigenvalue weighted by molar-refractivity contribution is 0.184. The van der Waals surface area contributed by atoms with Gasteiger partial charge in [-0.1, -0.05) is 63.0 Å². The third-order valence-electron chi connectivity index (χ3n) is 6.11. The van der Waals surface area contributed by atoms with Crippen LogP contribution in [0.3, 0.4) is 0 Å². The van der Waals surface area contributed by atoms with Crippen LogP contribution in [0.1, 0.15) is 75.5 Å². The average molecular weight is 296 g/mol. The molecular weight excluding hydrogens is 264 g/mol. The van der Waals surface area contributed by atoms with Crippen molar-refractivity contribution in [3.05, 3.63) is 41.0 Å². The first-order valence-corrected chi connectivity index (χ1v) is 9.54. The molecule has 0 aliphatic heterocycles. The van der Waals surface area contributed by atoms with Crippen LogP contribution in [0.4, 0.5) is 0 Å². The summed E-state index contributed by atoms with van der Waals surface area (Å²) >= 11 is 0. The zero-order valence-electron chi connectivity index (χ0n) is 14.5. The molecule has 0 amide bonds. The fourth-order valence-electron chi connectivity index (χ4n) is 4.86. The van der Waals surface area contributed by atoms with Crippen LogP contribution in [0.2, 0.25) is 0 Å². The summed E-state index contributed by atoms with van der Waals surface area (Å²) in [7, 11) is 0. The van der Waals surface area contributed by atoms with Crippen molar-refractivity contribution in [1.82, 2.24) is 0 Å². The van der Waals surface area contributed by atoms with Crippen molar-refractivity contribution < 1.29 is 0 Å². The Balaban J connectivity index is 1.60. The number of hydrogen-bond acceptors (Lipinski definition) is 0. The molecule has 0 spiro atoms. The number of rotatable bonds is 4. The Bertz CT molecular complexity index is 503. The van der Waals surface area contributed by atoms with Crippen molar-refractivity contribution in [1.29, 1.82) is 0 Å². The molecule has 0 heteroatoms. The first-order valence-electron chi connectivity index (χ1n) is 9.54. The van der Waals surface area contributed by atoms with Gasteiger partial charge in [-0.3, -0.25) is 0 Å². The van der Waals surface area contributed by atoms with Gasteiger partial charge in [0.15, 0.2) is 0 Å². The molecule has 1 unspecified atom stereocenters. The van der Waals surface area contributed by atoms with Crippen molar-refractivity contribution in [3.63, 3.8) is 0 Å². The van der Waals surface area contributed by atoms with Gasteiger partial charge in [0.1, 0.15) is 0 Å². The van der Waals surface area contributed by atoms with E-state index >= 15 is 0 Å². The van der Waals surface area contributed by atoms with Gasteiger partial charge in [0.25, 0.3) is 0 Å². The van der Waals surface area contributed by atoms with Gasteiger partial charge < -0.3 is 0 Å². The highest BCUT2D eigenvalue weighted by molar-refractivity contribution is 5.52. The van der Waals surface area contributed by atoms with E-state index in [0.29, 0.717) is 0 Å². The van der Waals surface area contributed by atoms with Gasteiger partial charge in [-0.2, -0.15) is 0 Å². The zero-order chi connectivity index (χ0) is 15.4. The smallest absolute Gasteiger partial charge is 0.0245 e. The number of allylic oxidation sites excluding steroid dienone is 1. The molecular formula is C22H32. The quantitative estimate of drug-likeness (QED) is 0.600. The number of aryl methyl sites for hydroxylation is 1. The lowest BCUT2D eigenvalue weighted by Crippen LogP contribution is -2.26. The number of hydrogen-bond donors (Lipinski definition) is 0. The maximum absolute atomic E-state index is 2.42. The molecule has 0 bridgehead atoms. The van der Waals surface area contributed by atoms with Crippen molar-refractivity contribution in [2.45, 2.75) is 71.6 Å². The molecule has 3 rings (SSSR count). The van der Waals surface area contributed by atoms with E-state index in [2.05, 4.69) is 44.2 Å². The van der Waals surface area contributed by atoms with Gasteiger partial charge in [0.2, 0.25) is 0 Å². The molecule has 0 heterocycles. The van der Waals surface area contributed by atoms with Crippen LogP contribution < -0.4 is 0 Å². The van der Waals surface area contributed by atoms with E-state index in [1.54, 1.807) is 11.1 Å². The molecule has 1 atom stereocenters. The summed E-state index contributed by atoms with van der Waals surface area (Å²) in [4.78, 5) is 0. The second-order valence-corrected chi connectivity index (χ2v) is 7.60. The van der Waals surface area contributed by atoms with Crippen LogP contribution in [0.15, 0.2) is 24.3 Å². The Labute approximate surface area is 137 Å². The Morgan fingerprint density at radius 2 is 1.82 bits per heavy atom. The summed E-state index contributed by atoms with van der Waals surface area (Å²) in [6.07, 6.45) is 17.3. The van der Waals surface area contributed by atoms with E-state index in [1.807, 2.05) is 0 Å². The Morgan fingerprint density at radius 1 is 1.00 bits per heavy atom. The summed E-state index contributed by atoms with van der Waals surface area (Å²) in [5.74, 6) is 3.01. The summed E-state index contributed by atoms with van der Waals surface area (Å²) < 4.78 is 0. The van der Waals surface area contributed by atoms with E-state index in [0.717, 1.165) is 17.8 Å². The lowest BCUT2D eigenvalue weighted by atomic mass is 9.69. The SMILES string of the molecule is C/C=C/c1ccc2c(c1)CCC(C1CCC(CCC)CC1)C2. The fraction of sp³-hybridized carbons (Fsp3) is 0.636. The molecule has 0 aromatic heterocycles. The number of benzene rings is 1. The van der Waals surface area contributed by atoms with Gasteiger partial charge in [0.05, 0.1) is 0 Å². The summed E-state index contributed by atoms with van der Waals surface area (Å²) in [6.45, 7) is 4.44. The van der Waals surface area contributed by atoms with E-state index in [-0.39, 0.29) is 0 Å². The summed E-state index contributed by atoms with van der Waals surface area (Å²) in [5, 5.41) is 0. The second kappa shape index (κ2) is 7.49. The highest BCUT2D eigenvalue weighted by atomic mass is 14.3. The Hall–Kier alpha value is -1.04. The highest BCUT2D eigenvalue weighted by Crippen LogP contribution is 2.40. The lowest BCUT2D eigenvalue weighted by Gasteiger charge is -2.36. The first-order chi connectivity index (χ1) is 10.8. The largest absolute Gasteiger partial charge is 0.0871 e. The summed E-state index contributed by atoms with van der Waals surface area (Å²) in [5.41, 5.74) is 4.63. The zero-order valence-corrected chi connectivity index (χ0v) is 14.5. The molecule has 1 aromatic carbocycles. The molecule has 1 aromatic rings. The molecule has 2 aliphatic rings. The maximum Gasteiger partial charge on any atom is -0.0245 e. The van der Waals surface area contributed by atoms with E-state index < -0.39 is 0 Å². The first kappa shape index (κ1) is 15.8. The van der Waals surface area contributed by atoms with Crippen molar-refractivity contribution in [3.8, 4) is 0 Å². The molecule has 1 fully saturated rings. The molecule has 0 saturated heterocycles. The van der Waals surface area contributed by atoms with Crippen LogP contribution in [0.25, 0.3) is 6.08 Å². The van der Waals surface area contributed by atoms with Gasteiger partial charge >= 0.3 is 0 Å². The van der Waals surface area contributed by atoms with E-state index in [9.17, 15) is 0 Å². The minimum absolute atomic E-state index is 0.961. The average Bonchev–Trinajstić information content (AvgIpc) is 2.56. The third kappa shape index (κ3) is 3.65. The van der Waals surface area contributed by atoms with Crippen LogP contribution >= 0.6 is 0 Å². The molecule has 0 radical (unpaired) electrons. The monoisotopic (exact) mass is 296 g/mol. The molecule has 0 N–H and O–H groups in total. The van der Waals surface area contributed by atoms with Gasteiger partial charge in [-0.25, -0.2) is 0 Å². The molecule has 1 saturated carbocycles. The van der Waals surface area contributed by atoms with Crippen molar-refractivity contribution >= 4 is 6.08 Å². The minimum atomic E-state index is 0.961. The van der Waals surface area contributed by atoms with Crippen molar-refractivity contribution in [2.75, 3.05) is 0 Å². The summed E-state index contributed by atoms with van der Waals surface area (Å²) in [6, 6.07) is 7.13. The Morgan fingerprint density at radius 3 is 2.55 bits per heavy atom. The second-order valence-electron chi connectivity index (χ2n) is 7.60. The third-order valence-corrected chi connectivity index (χ3v) is 6.11. The highest BCUT2D eigenvalue weighted by Gasteiger charge is 2.29. The molecule has 22 heavy (non-hydrogen) atoms. The molecule has 0 nitrogen and oxygen atoms in total. The van der Waals surface area contributed by atoms with Crippen LogP contribution in [0.5, 0.6) is 0 Å².